The lowest BCUT2D eigenvalue weighted by atomic mass is 10.3. The Morgan fingerprint density at radius 1 is 1.35 bits per heavy atom. The van der Waals surface area contributed by atoms with Crippen LogP contribution in [0.1, 0.15) is 11.3 Å². The molecule has 0 unspecified atom stereocenters. The number of hydrogen-bond donors (Lipinski definition) is 0. The summed E-state index contributed by atoms with van der Waals surface area (Å²) in [4.78, 5) is 0.0301. The Balaban J connectivity index is 2.32. The van der Waals surface area contributed by atoms with E-state index in [2.05, 4.69) is 15.9 Å². The van der Waals surface area contributed by atoms with Gasteiger partial charge < -0.3 is 4.42 Å². The summed E-state index contributed by atoms with van der Waals surface area (Å²) < 4.78 is 44.5. The molecule has 0 radical (unpaired) electrons. The molecule has 0 spiro atoms. The molecule has 0 bridgehead atoms. The minimum absolute atomic E-state index is 0.0301. The quantitative estimate of drug-likeness (QED) is 0.839. The first-order valence-electron chi connectivity index (χ1n) is 5.76. The van der Waals surface area contributed by atoms with Crippen molar-refractivity contribution >= 4 is 26.0 Å². The number of benzene rings is 1. The molecule has 4 nitrogen and oxygen atoms in total. The second-order valence-corrected chi connectivity index (χ2v) is 7.21. The summed E-state index contributed by atoms with van der Waals surface area (Å²) in [5.41, 5.74) is 0.786. The van der Waals surface area contributed by atoms with Crippen LogP contribution in [0.25, 0.3) is 0 Å². The maximum absolute atomic E-state index is 13.0. The molecule has 0 aliphatic carbocycles. The predicted octanol–water partition coefficient (Wildman–Crippen LogP) is 3.31. The smallest absolute Gasteiger partial charge is 0.244 e. The molecule has 1 aromatic heterocycles. The Labute approximate surface area is 125 Å². The van der Waals surface area contributed by atoms with Gasteiger partial charge in [-0.1, -0.05) is 0 Å². The molecule has 0 N–H and O–H groups in total. The van der Waals surface area contributed by atoms with Crippen molar-refractivity contribution < 1.29 is 17.2 Å². The fourth-order valence-corrected chi connectivity index (χ4v) is 3.91. The van der Waals surface area contributed by atoms with Gasteiger partial charge in [-0.15, -0.1) is 0 Å². The van der Waals surface area contributed by atoms with Gasteiger partial charge >= 0.3 is 0 Å². The Kier molecular flexibility index (Phi) is 4.31. The maximum atomic E-state index is 13.0. The van der Waals surface area contributed by atoms with E-state index in [9.17, 15) is 12.8 Å². The van der Waals surface area contributed by atoms with E-state index in [1.165, 1.54) is 23.7 Å². The van der Waals surface area contributed by atoms with Gasteiger partial charge in [0.15, 0.2) is 0 Å². The normalized spacial score (nSPS) is 12.1. The summed E-state index contributed by atoms with van der Waals surface area (Å²) in [6.45, 7) is 1.96. The Morgan fingerprint density at radius 3 is 2.60 bits per heavy atom. The van der Waals surface area contributed by atoms with Crippen LogP contribution in [0.3, 0.4) is 0 Å². The predicted molar refractivity (Wildman–Crippen MR) is 76.2 cm³/mol. The highest BCUT2D eigenvalue weighted by atomic mass is 79.9. The van der Waals surface area contributed by atoms with Gasteiger partial charge in [-0.25, -0.2) is 12.8 Å². The molecule has 1 aromatic carbocycles. The molecule has 1 heterocycles. The van der Waals surface area contributed by atoms with Crippen LogP contribution in [0.2, 0.25) is 0 Å². The summed E-state index contributed by atoms with van der Waals surface area (Å²) in [5, 5.41) is 0. The van der Waals surface area contributed by atoms with Crippen LogP contribution in [0.4, 0.5) is 4.39 Å². The first kappa shape index (κ1) is 15.2. The van der Waals surface area contributed by atoms with E-state index in [1.54, 1.807) is 13.0 Å². The highest BCUT2D eigenvalue weighted by molar-refractivity contribution is 9.10. The number of rotatable bonds is 4. The topological polar surface area (TPSA) is 50.5 Å². The molecule has 2 aromatic rings. The minimum Gasteiger partial charge on any atom is -0.469 e. The number of aryl methyl sites for hydroxylation is 1. The van der Waals surface area contributed by atoms with Crippen molar-refractivity contribution in [3.63, 3.8) is 0 Å². The maximum Gasteiger partial charge on any atom is 0.244 e. The molecule has 0 amide bonds. The van der Waals surface area contributed by atoms with Gasteiger partial charge in [0.2, 0.25) is 10.0 Å². The lowest BCUT2D eigenvalue weighted by molar-refractivity contribution is 0.458. The molecule has 0 saturated heterocycles. The summed E-state index contributed by atoms with van der Waals surface area (Å²) in [7, 11) is -2.23. The second-order valence-electron chi connectivity index (χ2n) is 4.34. The van der Waals surface area contributed by atoms with E-state index in [0.29, 0.717) is 5.76 Å². The first-order valence-corrected chi connectivity index (χ1v) is 8.00. The van der Waals surface area contributed by atoms with E-state index >= 15 is 0 Å². The zero-order valence-electron chi connectivity index (χ0n) is 10.9. The lowest BCUT2D eigenvalue weighted by Crippen LogP contribution is -2.27. The van der Waals surface area contributed by atoms with Crippen LogP contribution >= 0.6 is 15.9 Å². The number of furan rings is 1. The third kappa shape index (κ3) is 2.94. The van der Waals surface area contributed by atoms with Crippen LogP contribution in [0.5, 0.6) is 0 Å². The van der Waals surface area contributed by atoms with Crippen LogP contribution in [0.15, 0.2) is 44.3 Å². The largest absolute Gasteiger partial charge is 0.469 e. The first-order chi connectivity index (χ1) is 9.32. The third-order valence-electron chi connectivity index (χ3n) is 2.94. The summed E-state index contributed by atoms with van der Waals surface area (Å²) in [6.07, 6.45) is 1.51. The summed E-state index contributed by atoms with van der Waals surface area (Å²) in [5.74, 6) is 0.175. The molecule has 0 aliphatic rings. The van der Waals surface area contributed by atoms with Crippen molar-refractivity contribution in [2.45, 2.75) is 18.4 Å². The molecular formula is C13H13BrFNO3S. The Morgan fingerprint density at radius 2 is 2.05 bits per heavy atom. The highest BCUT2D eigenvalue weighted by Crippen LogP contribution is 2.26. The van der Waals surface area contributed by atoms with Gasteiger partial charge in [-0.3, -0.25) is 0 Å². The molecule has 0 atom stereocenters. The van der Waals surface area contributed by atoms with Gasteiger partial charge in [0.1, 0.15) is 11.6 Å². The average molecular weight is 362 g/mol. The van der Waals surface area contributed by atoms with E-state index in [1.807, 2.05) is 0 Å². The molecule has 0 aliphatic heterocycles. The van der Waals surface area contributed by atoms with Crippen molar-refractivity contribution in [2.24, 2.45) is 0 Å². The third-order valence-corrected chi connectivity index (χ3v) is 5.72. The van der Waals surface area contributed by atoms with Gasteiger partial charge in [-0.2, -0.15) is 4.31 Å². The molecule has 7 heteroatoms. The Bertz CT molecular complexity index is 727. The molecule has 0 saturated carbocycles. The van der Waals surface area contributed by atoms with Gasteiger partial charge in [0, 0.05) is 23.6 Å². The minimum atomic E-state index is -3.70. The molecule has 0 fully saturated rings. The standard InChI is InChI=1S/C13H13BrFNO3S/c1-9-10(5-6-19-9)8-16(2)20(17,18)13-4-3-11(15)7-12(13)14/h3-7H,8H2,1-2H3. The molecule has 108 valence electrons. The van der Waals surface area contributed by atoms with E-state index in [4.69, 9.17) is 4.42 Å². The van der Waals surface area contributed by atoms with Crippen molar-refractivity contribution in [1.82, 2.24) is 4.31 Å². The van der Waals surface area contributed by atoms with E-state index < -0.39 is 15.8 Å². The fourth-order valence-electron chi connectivity index (χ4n) is 1.75. The summed E-state index contributed by atoms with van der Waals surface area (Å²) >= 11 is 3.08. The number of hydrogen-bond acceptors (Lipinski definition) is 3. The molecule has 2 rings (SSSR count). The molecular weight excluding hydrogens is 349 g/mol. The highest BCUT2D eigenvalue weighted by Gasteiger charge is 2.24. The van der Waals surface area contributed by atoms with Crippen molar-refractivity contribution in [1.29, 1.82) is 0 Å². The zero-order valence-corrected chi connectivity index (χ0v) is 13.3. The number of halogens is 2. The SMILES string of the molecule is Cc1occc1CN(C)S(=O)(=O)c1ccc(F)cc1Br. The van der Waals surface area contributed by atoms with Crippen molar-refractivity contribution in [3.05, 3.63) is 52.1 Å². The number of nitrogens with zero attached hydrogens (tertiary/aromatic N) is 1. The lowest BCUT2D eigenvalue weighted by Gasteiger charge is -2.17. The van der Waals surface area contributed by atoms with Crippen LogP contribution in [-0.2, 0) is 16.6 Å². The van der Waals surface area contributed by atoms with Crippen molar-refractivity contribution in [2.75, 3.05) is 7.05 Å². The van der Waals surface area contributed by atoms with Gasteiger partial charge in [-0.05, 0) is 47.1 Å². The van der Waals surface area contributed by atoms with E-state index in [0.717, 1.165) is 17.7 Å². The number of sulfonamides is 1. The molecule has 20 heavy (non-hydrogen) atoms. The summed E-state index contributed by atoms with van der Waals surface area (Å²) in [6, 6.07) is 5.22. The van der Waals surface area contributed by atoms with Crippen molar-refractivity contribution in [3.8, 4) is 0 Å². The second kappa shape index (κ2) is 5.67. The zero-order chi connectivity index (χ0) is 14.9. The van der Waals surface area contributed by atoms with Gasteiger partial charge in [0.25, 0.3) is 0 Å². The Hall–Kier alpha value is -1.18. The average Bonchev–Trinajstić information content (AvgIpc) is 2.74. The van der Waals surface area contributed by atoms with E-state index in [-0.39, 0.29) is 15.9 Å². The fraction of sp³-hybridized carbons (Fsp3) is 0.231. The van der Waals surface area contributed by atoms with Crippen LogP contribution < -0.4 is 0 Å². The van der Waals surface area contributed by atoms with Crippen LogP contribution in [0, 0.1) is 12.7 Å². The van der Waals surface area contributed by atoms with Crippen LogP contribution in [-0.4, -0.2) is 19.8 Å². The monoisotopic (exact) mass is 361 g/mol. The van der Waals surface area contributed by atoms with Gasteiger partial charge in [0.05, 0.1) is 11.2 Å².